The van der Waals surface area contributed by atoms with Crippen LogP contribution in [0.5, 0.6) is 0 Å². The number of anilines is 2. The van der Waals surface area contributed by atoms with Crippen LogP contribution in [0.15, 0.2) is 102 Å². The van der Waals surface area contributed by atoms with Gasteiger partial charge in [0.05, 0.1) is 48.3 Å². The van der Waals surface area contributed by atoms with Gasteiger partial charge in [-0.1, -0.05) is 23.5 Å². The van der Waals surface area contributed by atoms with Gasteiger partial charge in [-0.3, -0.25) is 44.5 Å². The van der Waals surface area contributed by atoms with Crippen molar-refractivity contribution in [1.29, 1.82) is 5.26 Å². The van der Waals surface area contributed by atoms with Gasteiger partial charge in [-0.25, -0.2) is 24.7 Å². The number of amides is 2. The molecule has 2 amide bonds. The lowest BCUT2D eigenvalue weighted by Crippen LogP contribution is -2.21. The highest BCUT2D eigenvalue weighted by Crippen LogP contribution is 2.25. The van der Waals surface area contributed by atoms with Crippen LogP contribution in [0, 0.1) is 10.7 Å². The molecule has 0 saturated carbocycles. The Labute approximate surface area is 389 Å². The molecule has 9 rings (SSSR count). The van der Waals surface area contributed by atoms with E-state index < -0.39 is 18.1 Å². The molecule has 1 aliphatic rings. The average molecular weight is 966 g/mol. The average Bonchev–Trinajstić information content (AvgIpc) is 4.19. The quantitative estimate of drug-likeness (QED) is 0.0693. The first kappa shape index (κ1) is 48.8. The largest absolute Gasteiger partial charge is 0.490 e. The fourth-order valence-electron chi connectivity index (χ4n) is 5.54. The third kappa shape index (κ3) is 13.7. The number of nitrogens with one attached hydrogen (secondary N) is 3. The molecule has 0 atom stereocenters. The number of aryl methyl sites for hydroxylation is 2. The van der Waals surface area contributed by atoms with Gasteiger partial charge in [0, 0.05) is 61.8 Å². The predicted octanol–water partition coefficient (Wildman–Crippen LogP) is 4.88. The molecule has 0 saturated heterocycles. The summed E-state index contributed by atoms with van der Waals surface area (Å²) in [5, 5.41) is 48.8. The highest BCUT2D eigenvalue weighted by molar-refractivity contribution is 8.03. The number of nitriles is 1. The predicted molar refractivity (Wildman–Crippen MR) is 240 cm³/mol. The Balaban J connectivity index is 0.000000170. The van der Waals surface area contributed by atoms with E-state index in [1.165, 1.54) is 58.0 Å². The van der Waals surface area contributed by atoms with Gasteiger partial charge < -0.3 is 10.8 Å². The van der Waals surface area contributed by atoms with Gasteiger partial charge in [0.15, 0.2) is 10.8 Å². The summed E-state index contributed by atoms with van der Waals surface area (Å²) in [6.45, 7) is 0.639. The first-order valence-electron chi connectivity index (χ1n) is 19.3. The minimum absolute atomic E-state index is 0.0492. The highest BCUT2D eigenvalue weighted by atomic mass is 32.2. The van der Waals surface area contributed by atoms with E-state index in [1.54, 1.807) is 49.6 Å². The number of aliphatic imine (C=N–C) groups is 1. The number of nitrogens with two attached hydrogens (primary N) is 1. The number of carbonyl (C=O) groups is 4. The van der Waals surface area contributed by atoms with Gasteiger partial charge in [0.2, 0.25) is 11.9 Å². The number of ketones is 1. The van der Waals surface area contributed by atoms with Crippen LogP contribution in [0.1, 0.15) is 52.9 Å². The molecule has 0 radical (unpaired) electrons. The van der Waals surface area contributed by atoms with E-state index in [0.29, 0.717) is 28.2 Å². The minimum atomic E-state index is -5.08. The van der Waals surface area contributed by atoms with E-state index in [0.717, 1.165) is 38.5 Å². The second kappa shape index (κ2) is 22.5. The normalized spacial score (nSPS) is 11.1. The number of nitrogens with zero attached hydrogens (tertiary/aromatic N) is 13. The molecule has 0 bridgehead atoms. The third-order valence-electron chi connectivity index (χ3n) is 8.73. The van der Waals surface area contributed by atoms with E-state index in [9.17, 15) is 27.6 Å². The lowest BCUT2D eigenvalue weighted by atomic mass is 10.1. The SMILES string of the molecule is Cn1cc(C(=O)Nc2nccc(-c3nnc(Cc4ccc5[nH]ncc5c4)s3)n2)cn1.Cn1cc(C(=O)Nc2nccc(C(=O)CN)n2)cn1.N#CSc1ccc2c(c1)C=NC2.O=C(O)C(F)(F)F. The number of aliphatic carboxylic acids is 1. The lowest BCUT2D eigenvalue weighted by Gasteiger charge is -2.03. The number of alkyl halides is 3. The molecule has 68 heavy (non-hydrogen) atoms. The number of aromatic nitrogens is 12. The summed E-state index contributed by atoms with van der Waals surface area (Å²) in [5.41, 5.74) is 11.3. The summed E-state index contributed by atoms with van der Waals surface area (Å²) in [6.07, 6.45) is 8.28. The van der Waals surface area contributed by atoms with Gasteiger partial charge in [-0.05, 0) is 64.9 Å². The number of thiocyanates is 1. The zero-order chi connectivity index (χ0) is 48.8. The van der Waals surface area contributed by atoms with Gasteiger partial charge >= 0.3 is 12.1 Å². The number of carbonyl (C=O) groups excluding carboxylic acids is 3. The molecular weight excluding hydrogens is 932 g/mol. The number of halogens is 3. The number of carboxylic acid groups (broad SMARTS) is 1. The van der Waals surface area contributed by atoms with Crippen molar-refractivity contribution in [2.45, 2.75) is 24.0 Å². The Morgan fingerprint density at radius 3 is 2.19 bits per heavy atom. The van der Waals surface area contributed by atoms with Gasteiger partial charge in [-0.15, -0.1) is 10.2 Å². The number of fused-ring (bicyclic) bond motifs is 2. The van der Waals surface area contributed by atoms with Crippen molar-refractivity contribution in [3.63, 3.8) is 0 Å². The molecule has 0 aliphatic carbocycles. The maximum absolute atomic E-state index is 12.3. The summed E-state index contributed by atoms with van der Waals surface area (Å²) < 4.78 is 34.8. The number of thioether (sulfide) groups is 1. The number of rotatable bonds is 10. The number of hydrogen-bond donors (Lipinski definition) is 5. The fourth-order valence-corrected chi connectivity index (χ4v) is 6.81. The molecule has 1 aliphatic heterocycles. The van der Waals surface area contributed by atoms with E-state index in [4.69, 9.17) is 20.9 Å². The van der Waals surface area contributed by atoms with Crippen LogP contribution in [0.3, 0.4) is 0 Å². The second-order valence-corrected chi connectivity index (χ2v) is 15.6. The van der Waals surface area contributed by atoms with Gasteiger partial charge in [0.1, 0.15) is 21.8 Å². The Bertz CT molecular complexity index is 3160. The summed E-state index contributed by atoms with van der Waals surface area (Å²) in [6, 6.07) is 15.3. The standard InChI is InChI=1S/C19H15N9OS.C11H12N6O2.C9H6N2S.C2HF3O2/c1-28-10-13(9-22-28)17(29)24-19-20-5-4-15(23-19)18-27-26-16(30-18)7-11-2-3-14-12(6-11)8-21-25-14;1-17-6-7(5-14-17)10(19)16-11-13-3-2-8(15-11)9(18)4-12;10-6-12-9-2-1-7-4-11-5-8(7)3-9;3-2(4,5)1(6)7/h2-6,8-10H,7H2,1H3,(H,21,25)(H,20,23,24,29);2-3,5-6H,4,12H2,1H3,(H,13,15,16,19);1-3,5H,4H2;(H,6,7). The maximum atomic E-state index is 12.3. The van der Waals surface area contributed by atoms with Crippen molar-refractivity contribution in [3.8, 4) is 16.1 Å². The Kier molecular flexibility index (Phi) is 16.2. The van der Waals surface area contributed by atoms with Crippen molar-refractivity contribution in [1.82, 2.24) is 59.9 Å². The number of aromatic amines is 1. The smallest absolute Gasteiger partial charge is 0.475 e. The van der Waals surface area contributed by atoms with Crippen molar-refractivity contribution in [3.05, 3.63) is 130 Å². The number of Topliss-reactive ketones (excluding diaryl/α,β-unsaturated/α-hetero) is 1. The van der Waals surface area contributed by atoms with E-state index in [-0.39, 0.29) is 35.8 Å². The first-order valence-corrected chi connectivity index (χ1v) is 20.9. The van der Waals surface area contributed by atoms with Gasteiger partial charge in [0.25, 0.3) is 11.8 Å². The summed E-state index contributed by atoms with van der Waals surface area (Å²) >= 11 is 2.64. The Hall–Kier alpha value is -8.61. The van der Waals surface area contributed by atoms with Crippen molar-refractivity contribution in [2.75, 3.05) is 17.2 Å². The zero-order valence-corrected chi connectivity index (χ0v) is 36.9. The van der Waals surface area contributed by atoms with E-state index in [2.05, 4.69) is 72.2 Å². The summed E-state index contributed by atoms with van der Waals surface area (Å²) in [4.78, 5) is 65.8. The molecule has 346 valence electrons. The number of hydrogen-bond acceptors (Lipinski definition) is 18. The third-order valence-corrected chi connectivity index (χ3v) is 10.3. The maximum Gasteiger partial charge on any atom is 0.490 e. The highest BCUT2D eigenvalue weighted by Gasteiger charge is 2.38. The molecule has 0 unspecified atom stereocenters. The summed E-state index contributed by atoms with van der Waals surface area (Å²) in [5.74, 6) is -3.55. The fraction of sp³-hybridized carbons (Fsp3) is 0.146. The van der Waals surface area contributed by atoms with Crippen molar-refractivity contribution in [2.24, 2.45) is 24.8 Å². The first-order chi connectivity index (χ1) is 32.6. The van der Waals surface area contributed by atoms with Crippen LogP contribution in [0.2, 0.25) is 0 Å². The van der Waals surface area contributed by atoms with Gasteiger partial charge in [-0.2, -0.15) is 33.7 Å². The molecule has 7 heterocycles. The van der Waals surface area contributed by atoms with E-state index in [1.807, 2.05) is 41.9 Å². The van der Waals surface area contributed by atoms with Crippen LogP contribution in [0.25, 0.3) is 21.6 Å². The molecule has 0 spiro atoms. The molecule has 6 aromatic heterocycles. The molecule has 6 N–H and O–H groups in total. The molecular formula is C41H34F3N17O5S2. The van der Waals surface area contributed by atoms with Crippen LogP contribution >= 0.6 is 23.1 Å². The molecule has 22 nitrogen and oxygen atoms in total. The van der Waals surface area contributed by atoms with Crippen molar-refractivity contribution < 1.29 is 37.5 Å². The molecule has 2 aromatic carbocycles. The Morgan fingerprint density at radius 2 is 1.57 bits per heavy atom. The van der Waals surface area contributed by atoms with Crippen molar-refractivity contribution >= 4 is 75.7 Å². The van der Waals surface area contributed by atoms with Crippen LogP contribution in [-0.2, 0) is 31.9 Å². The zero-order valence-electron chi connectivity index (χ0n) is 35.3. The van der Waals surface area contributed by atoms with Crippen LogP contribution < -0.4 is 16.4 Å². The molecule has 27 heteroatoms. The monoisotopic (exact) mass is 965 g/mol. The van der Waals surface area contributed by atoms with Crippen LogP contribution in [0.4, 0.5) is 25.1 Å². The molecule has 0 fully saturated rings. The number of H-pyrrole nitrogens is 1. The second-order valence-electron chi connectivity index (χ2n) is 13.7. The lowest BCUT2D eigenvalue weighted by molar-refractivity contribution is -0.192. The van der Waals surface area contributed by atoms with Crippen LogP contribution in [-0.4, -0.2) is 108 Å². The number of carboxylic acids is 1. The molecule has 8 aromatic rings. The number of benzene rings is 2. The van der Waals surface area contributed by atoms with E-state index >= 15 is 0 Å². The minimum Gasteiger partial charge on any atom is -0.475 e. The summed E-state index contributed by atoms with van der Waals surface area (Å²) in [7, 11) is 3.45. The Morgan fingerprint density at radius 1 is 0.912 bits per heavy atom. The topological polar surface area (TPSA) is 316 Å².